The molecule has 5 heteroatoms. The number of rotatable bonds is 9. The molecule has 2 aromatic rings. The average molecular weight is 405 g/mol. The van der Waals surface area contributed by atoms with E-state index in [0.717, 1.165) is 29.5 Å². The van der Waals surface area contributed by atoms with Gasteiger partial charge in [-0.05, 0) is 55.0 Å². The number of thioether (sulfide) groups is 1. The second-order valence-electron chi connectivity index (χ2n) is 6.91. The number of benzene rings is 2. The molecule has 0 spiro atoms. The summed E-state index contributed by atoms with van der Waals surface area (Å²) in [6.07, 6.45) is 2.32. The van der Waals surface area contributed by atoms with E-state index in [0.29, 0.717) is 0 Å². The minimum Gasteiger partial charge on any atom is -0.497 e. The molecule has 1 aliphatic heterocycles. The van der Waals surface area contributed by atoms with E-state index in [1.807, 2.05) is 36.0 Å². The molecule has 0 unspecified atom stereocenters. The molecule has 0 amide bonds. The fourth-order valence-corrected chi connectivity index (χ4v) is 4.52. The fraction of sp³-hybridized carbons (Fsp3) is 0.455. The first kappa shape index (κ1) is 20.5. The van der Waals surface area contributed by atoms with Gasteiger partial charge in [0.05, 0.1) is 12.1 Å². The monoisotopic (exact) mass is 404 g/mol. The van der Waals surface area contributed by atoms with Crippen LogP contribution in [0.5, 0.6) is 5.75 Å². The van der Waals surface area contributed by atoms with E-state index in [-0.39, 0.29) is 0 Å². The summed E-state index contributed by atoms with van der Waals surface area (Å²) in [5, 5.41) is 0.868. The maximum atomic E-state index is 6.21. The highest BCUT2D eigenvalue weighted by atomic mass is 35.5. The third-order valence-electron chi connectivity index (χ3n) is 5.05. The standard InChI is InChI=1S/C22H29ClN2OS/c1-26-20-9-7-19(8-10-20)11-13-25-16-14-24(15-17-25)12-4-18-27-22-6-3-2-5-21(22)23/h2-3,5-10H,4,11-18H2,1H3. The Morgan fingerprint density at radius 2 is 1.59 bits per heavy atom. The van der Waals surface area contributed by atoms with E-state index in [1.54, 1.807) is 7.11 Å². The molecule has 0 saturated carbocycles. The Kier molecular flexibility index (Phi) is 8.34. The van der Waals surface area contributed by atoms with Gasteiger partial charge >= 0.3 is 0 Å². The lowest BCUT2D eigenvalue weighted by atomic mass is 10.1. The van der Waals surface area contributed by atoms with Crippen molar-refractivity contribution >= 4 is 23.4 Å². The molecule has 0 bridgehead atoms. The molecule has 146 valence electrons. The third kappa shape index (κ3) is 6.72. The van der Waals surface area contributed by atoms with E-state index in [2.05, 4.69) is 34.1 Å². The van der Waals surface area contributed by atoms with Gasteiger partial charge in [0.1, 0.15) is 5.75 Å². The van der Waals surface area contributed by atoms with Crippen LogP contribution in [0, 0.1) is 0 Å². The molecule has 0 aliphatic carbocycles. The van der Waals surface area contributed by atoms with Gasteiger partial charge in [0.15, 0.2) is 0 Å². The van der Waals surface area contributed by atoms with Crippen LogP contribution in [0.15, 0.2) is 53.4 Å². The van der Waals surface area contributed by atoms with Crippen LogP contribution >= 0.6 is 23.4 Å². The SMILES string of the molecule is COc1ccc(CCN2CCN(CCCSc3ccccc3Cl)CC2)cc1. The summed E-state index contributed by atoms with van der Waals surface area (Å²) < 4.78 is 5.22. The van der Waals surface area contributed by atoms with Crippen molar-refractivity contribution in [1.29, 1.82) is 0 Å². The Hall–Kier alpha value is -1.20. The molecular formula is C22H29ClN2OS. The zero-order valence-electron chi connectivity index (χ0n) is 16.1. The minimum absolute atomic E-state index is 0.868. The highest BCUT2D eigenvalue weighted by Crippen LogP contribution is 2.27. The van der Waals surface area contributed by atoms with Gasteiger partial charge < -0.3 is 14.5 Å². The quantitative estimate of drug-likeness (QED) is 0.444. The molecule has 3 nitrogen and oxygen atoms in total. The first-order chi connectivity index (χ1) is 13.2. The van der Waals surface area contributed by atoms with Gasteiger partial charge in [-0.1, -0.05) is 35.9 Å². The fourth-order valence-electron chi connectivity index (χ4n) is 3.35. The minimum atomic E-state index is 0.868. The Morgan fingerprint density at radius 3 is 2.26 bits per heavy atom. The first-order valence-electron chi connectivity index (χ1n) is 9.69. The Labute approximate surface area is 172 Å². The van der Waals surface area contributed by atoms with E-state index < -0.39 is 0 Å². The lowest BCUT2D eigenvalue weighted by Crippen LogP contribution is -2.47. The first-order valence-corrected chi connectivity index (χ1v) is 11.1. The summed E-state index contributed by atoms with van der Waals surface area (Å²) in [6, 6.07) is 16.6. The van der Waals surface area contributed by atoms with Crippen molar-refractivity contribution in [3.63, 3.8) is 0 Å². The summed E-state index contributed by atoms with van der Waals surface area (Å²) in [6.45, 7) is 7.03. The van der Waals surface area contributed by atoms with Crippen LogP contribution in [0.25, 0.3) is 0 Å². The van der Waals surface area contributed by atoms with Crippen LogP contribution in [-0.4, -0.2) is 61.9 Å². The van der Waals surface area contributed by atoms with E-state index in [4.69, 9.17) is 16.3 Å². The molecule has 0 aromatic heterocycles. The van der Waals surface area contributed by atoms with Gasteiger partial charge in [0.25, 0.3) is 0 Å². The average Bonchev–Trinajstić information content (AvgIpc) is 2.72. The topological polar surface area (TPSA) is 15.7 Å². The second kappa shape index (κ2) is 11.0. The summed E-state index contributed by atoms with van der Waals surface area (Å²) in [5.74, 6) is 2.06. The number of hydrogen-bond acceptors (Lipinski definition) is 4. The van der Waals surface area contributed by atoms with Gasteiger partial charge in [-0.2, -0.15) is 0 Å². The van der Waals surface area contributed by atoms with Gasteiger partial charge in [0.2, 0.25) is 0 Å². The van der Waals surface area contributed by atoms with Gasteiger partial charge in [0, 0.05) is 37.6 Å². The highest BCUT2D eigenvalue weighted by Gasteiger charge is 2.16. The van der Waals surface area contributed by atoms with Crippen LogP contribution in [0.4, 0.5) is 0 Å². The van der Waals surface area contributed by atoms with Crippen molar-refractivity contribution in [2.75, 3.05) is 52.1 Å². The van der Waals surface area contributed by atoms with Gasteiger partial charge in [-0.25, -0.2) is 0 Å². The number of nitrogens with zero attached hydrogens (tertiary/aromatic N) is 2. The van der Waals surface area contributed by atoms with Crippen LogP contribution in [0.2, 0.25) is 5.02 Å². The van der Waals surface area contributed by atoms with Crippen molar-refractivity contribution in [2.24, 2.45) is 0 Å². The molecule has 0 atom stereocenters. The molecule has 3 rings (SSSR count). The number of halogens is 1. The molecule has 27 heavy (non-hydrogen) atoms. The second-order valence-corrected chi connectivity index (χ2v) is 8.46. The number of ether oxygens (including phenoxy) is 1. The molecule has 1 saturated heterocycles. The Bertz CT molecular complexity index is 687. The summed E-state index contributed by atoms with van der Waals surface area (Å²) in [4.78, 5) is 6.37. The number of hydrogen-bond donors (Lipinski definition) is 0. The lowest BCUT2D eigenvalue weighted by Gasteiger charge is -2.34. The summed E-state index contributed by atoms with van der Waals surface area (Å²) in [7, 11) is 1.71. The molecule has 1 heterocycles. The van der Waals surface area contributed by atoms with Crippen LogP contribution < -0.4 is 4.74 Å². The highest BCUT2D eigenvalue weighted by molar-refractivity contribution is 7.99. The predicted molar refractivity (Wildman–Crippen MR) is 116 cm³/mol. The lowest BCUT2D eigenvalue weighted by molar-refractivity contribution is 0.134. The van der Waals surface area contributed by atoms with Crippen molar-refractivity contribution < 1.29 is 4.74 Å². The summed E-state index contributed by atoms with van der Waals surface area (Å²) >= 11 is 8.08. The van der Waals surface area contributed by atoms with Crippen LogP contribution in [-0.2, 0) is 6.42 Å². The molecule has 0 radical (unpaired) electrons. The van der Waals surface area contributed by atoms with Crippen LogP contribution in [0.3, 0.4) is 0 Å². The van der Waals surface area contributed by atoms with Crippen molar-refractivity contribution in [2.45, 2.75) is 17.7 Å². The van der Waals surface area contributed by atoms with Gasteiger partial charge in [-0.3, -0.25) is 0 Å². The van der Waals surface area contributed by atoms with Crippen molar-refractivity contribution in [3.05, 3.63) is 59.1 Å². The largest absolute Gasteiger partial charge is 0.497 e. The number of methoxy groups -OCH3 is 1. The van der Waals surface area contributed by atoms with Gasteiger partial charge in [-0.15, -0.1) is 11.8 Å². The molecular weight excluding hydrogens is 376 g/mol. The maximum Gasteiger partial charge on any atom is 0.118 e. The van der Waals surface area contributed by atoms with Crippen molar-refractivity contribution in [1.82, 2.24) is 9.80 Å². The maximum absolute atomic E-state index is 6.21. The summed E-state index contributed by atoms with van der Waals surface area (Å²) in [5.41, 5.74) is 1.38. The van der Waals surface area contributed by atoms with Crippen LogP contribution in [0.1, 0.15) is 12.0 Å². The molecule has 0 N–H and O–H groups in total. The van der Waals surface area contributed by atoms with Crippen molar-refractivity contribution in [3.8, 4) is 5.75 Å². The molecule has 2 aromatic carbocycles. The van der Waals surface area contributed by atoms with E-state index in [1.165, 1.54) is 49.6 Å². The third-order valence-corrected chi connectivity index (χ3v) is 6.66. The Balaban J connectivity index is 1.29. The molecule has 1 fully saturated rings. The molecule has 1 aliphatic rings. The predicted octanol–water partition coefficient (Wildman–Crippen LogP) is 4.69. The smallest absolute Gasteiger partial charge is 0.118 e. The van der Waals surface area contributed by atoms with E-state index in [9.17, 15) is 0 Å². The zero-order valence-corrected chi connectivity index (χ0v) is 17.6. The number of piperazine rings is 1. The Morgan fingerprint density at radius 1 is 0.926 bits per heavy atom. The zero-order chi connectivity index (χ0) is 18.9. The normalized spacial score (nSPS) is 15.8. The van der Waals surface area contributed by atoms with E-state index >= 15 is 0 Å².